The highest BCUT2D eigenvalue weighted by molar-refractivity contribution is 7.89. The molecule has 116 valence electrons. The zero-order valence-corrected chi connectivity index (χ0v) is 13.2. The number of rotatable bonds is 4. The summed E-state index contributed by atoms with van der Waals surface area (Å²) in [6, 6.07) is -0.449. The molecule has 9 heteroatoms. The van der Waals surface area contributed by atoms with Gasteiger partial charge in [-0.1, -0.05) is 11.6 Å². The standard InChI is InChI=1S/C12H17ClN4O3S/c1-16-7-14-12(10(16)13)21(19,20)17-6-2-3-9(17)11(18)15-8-4-5-8/h7-9H,2-6H2,1H3,(H,15,18)/t9-/m0/s1. The lowest BCUT2D eigenvalue weighted by molar-refractivity contribution is -0.124. The number of amides is 1. The smallest absolute Gasteiger partial charge is 0.264 e. The molecule has 0 radical (unpaired) electrons. The average Bonchev–Trinajstić information content (AvgIpc) is 2.98. The van der Waals surface area contributed by atoms with Crippen molar-refractivity contribution in [3.8, 4) is 0 Å². The molecule has 21 heavy (non-hydrogen) atoms. The summed E-state index contributed by atoms with van der Waals surface area (Å²) >= 11 is 5.99. The molecule has 2 heterocycles. The fourth-order valence-electron chi connectivity index (χ4n) is 2.49. The topological polar surface area (TPSA) is 84.3 Å². The summed E-state index contributed by atoms with van der Waals surface area (Å²) in [6.45, 7) is 0.317. The van der Waals surface area contributed by atoms with Crippen molar-refractivity contribution in [2.45, 2.75) is 42.8 Å². The molecular weight excluding hydrogens is 316 g/mol. The summed E-state index contributed by atoms with van der Waals surface area (Å²) in [5.41, 5.74) is 0. The lowest BCUT2D eigenvalue weighted by atomic mass is 10.2. The monoisotopic (exact) mass is 332 g/mol. The van der Waals surface area contributed by atoms with Crippen LogP contribution in [0.15, 0.2) is 11.4 Å². The zero-order valence-electron chi connectivity index (χ0n) is 11.6. The third-order valence-corrected chi connectivity index (χ3v) is 6.22. The fourth-order valence-corrected chi connectivity index (χ4v) is 4.54. The maximum atomic E-state index is 12.7. The van der Waals surface area contributed by atoms with Gasteiger partial charge in [0.2, 0.25) is 10.9 Å². The van der Waals surface area contributed by atoms with E-state index < -0.39 is 16.1 Å². The number of sulfonamides is 1. The second kappa shape index (κ2) is 5.26. The molecule has 7 nitrogen and oxygen atoms in total. The summed E-state index contributed by atoms with van der Waals surface area (Å²) in [4.78, 5) is 16.1. The lowest BCUT2D eigenvalue weighted by Crippen LogP contribution is -2.46. The molecule has 0 spiro atoms. The number of halogens is 1. The molecule has 3 rings (SSSR count). The highest BCUT2D eigenvalue weighted by Crippen LogP contribution is 2.29. The Bertz CT molecular complexity index is 668. The first-order chi connectivity index (χ1) is 9.91. The van der Waals surface area contributed by atoms with Crippen LogP contribution in [-0.4, -0.2) is 46.8 Å². The number of hydrogen-bond acceptors (Lipinski definition) is 4. The second-order valence-electron chi connectivity index (χ2n) is 5.51. The summed E-state index contributed by atoms with van der Waals surface area (Å²) in [5.74, 6) is -0.217. The van der Waals surface area contributed by atoms with Gasteiger partial charge in [0.25, 0.3) is 10.0 Å². The van der Waals surface area contributed by atoms with Gasteiger partial charge in [0.05, 0.1) is 6.33 Å². The molecule has 1 amide bonds. The van der Waals surface area contributed by atoms with Gasteiger partial charge in [0.1, 0.15) is 11.2 Å². The van der Waals surface area contributed by atoms with E-state index in [0.717, 1.165) is 12.8 Å². The number of nitrogens with one attached hydrogen (secondary N) is 1. The Hall–Kier alpha value is -1.12. The molecular formula is C12H17ClN4O3S. The first-order valence-corrected chi connectivity index (χ1v) is 8.72. The van der Waals surface area contributed by atoms with E-state index in [9.17, 15) is 13.2 Å². The Labute approximate surface area is 128 Å². The van der Waals surface area contributed by atoms with Crippen molar-refractivity contribution < 1.29 is 13.2 Å². The number of aromatic nitrogens is 2. The van der Waals surface area contributed by atoms with Gasteiger partial charge in [-0.15, -0.1) is 0 Å². The first-order valence-electron chi connectivity index (χ1n) is 6.90. The van der Waals surface area contributed by atoms with Crippen LogP contribution in [0.5, 0.6) is 0 Å². The molecule has 1 aliphatic heterocycles. The average molecular weight is 333 g/mol. The van der Waals surface area contributed by atoms with E-state index in [-0.39, 0.29) is 22.1 Å². The van der Waals surface area contributed by atoms with Crippen molar-refractivity contribution in [2.75, 3.05) is 6.54 Å². The van der Waals surface area contributed by atoms with Crippen molar-refractivity contribution in [3.05, 3.63) is 11.5 Å². The van der Waals surface area contributed by atoms with Gasteiger partial charge in [-0.3, -0.25) is 4.79 Å². The number of hydrogen-bond donors (Lipinski definition) is 1. The molecule has 1 saturated carbocycles. The summed E-state index contributed by atoms with van der Waals surface area (Å²) in [5, 5.41) is 2.74. The number of nitrogens with zero attached hydrogens (tertiary/aromatic N) is 3. The quantitative estimate of drug-likeness (QED) is 0.870. The Morgan fingerprint density at radius 3 is 2.71 bits per heavy atom. The van der Waals surface area contributed by atoms with E-state index in [1.54, 1.807) is 7.05 Å². The predicted octanol–water partition coefficient (Wildman–Crippen LogP) is 0.505. The molecule has 1 N–H and O–H groups in total. The van der Waals surface area contributed by atoms with Gasteiger partial charge in [0, 0.05) is 19.6 Å². The van der Waals surface area contributed by atoms with Crippen LogP contribution in [0, 0.1) is 0 Å². The predicted molar refractivity (Wildman–Crippen MR) is 76.3 cm³/mol. The Kier molecular flexibility index (Phi) is 3.71. The van der Waals surface area contributed by atoms with Crippen molar-refractivity contribution in [3.63, 3.8) is 0 Å². The molecule has 1 atom stereocenters. The number of imidazole rings is 1. The van der Waals surface area contributed by atoms with Crippen LogP contribution < -0.4 is 5.32 Å². The SMILES string of the molecule is Cn1cnc(S(=O)(=O)N2CCC[C@H]2C(=O)NC2CC2)c1Cl. The second-order valence-corrected chi connectivity index (χ2v) is 7.67. The molecule has 1 saturated heterocycles. The number of aryl methyl sites for hydroxylation is 1. The molecule has 0 aromatic carbocycles. The van der Waals surface area contributed by atoms with Crippen molar-refractivity contribution in [1.82, 2.24) is 19.2 Å². The van der Waals surface area contributed by atoms with Gasteiger partial charge in [0.15, 0.2) is 0 Å². The lowest BCUT2D eigenvalue weighted by Gasteiger charge is -2.22. The van der Waals surface area contributed by atoms with Crippen molar-refractivity contribution in [2.24, 2.45) is 7.05 Å². The van der Waals surface area contributed by atoms with Crippen LogP contribution in [0.25, 0.3) is 0 Å². The minimum Gasteiger partial charge on any atom is -0.352 e. The largest absolute Gasteiger partial charge is 0.352 e. The van der Waals surface area contributed by atoms with E-state index in [1.165, 1.54) is 15.2 Å². The van der Waals surface area contributed by atoms with Crippen LogP contribution in [0.4, 0.5) is 0 Å². The van der Waals surface area contributed by atoms with Crippen molar-refractivity contribution in [1.29, 1.82) is 0 Å². The molecule has 1 aromatic heterocycles. The normalized spacial score (nSPS) is 23.4. The highest BCUT2D eigenvalue weighted by atomic mass is 35.5. The third kappa shape index (κ3) is 2.67. The Balaban J connectivity index is 1.86. The van der Waals surface area contributed by atoms with Crippen LogP contribution >= 0.6 is 11.6 Å². The van der Waals surface area contributed by atoms with Gasteiger partial charge < -0.3 is 9.88 Å². The Morgan fingerprint density at radius 2 is 2.14 bits per heavy atom. The molecule has 0 unspecified atom stereocenters. The van der Waals surface area contributed by atoms with E-state index in [1.807, 2.05) is 0 Å². The first kappa shape index (κ1) is 14.8. The maximum Gasteiger partial charge on any atom is 0.264 e. The van der Waals surface area contributed by atoms with E-state index >= 15 is 0 Å². The molecule has 1 aromatic rings. The van der Waals surface area contributed by atoms with Gasteiger partial charge >= 0.3 is 0 Å². The Morgan fingerprint density at radius 1 is 1.43 bits per heavy atom. The molecule has 0 bridgehead atoms. The molecule has 2 aliphatic rings. The van der Waals surface area contributed by atoms with Crippen LogP contribution in [-0.2, 0) is 21.9 Å². The number of carbonyl (C=O) groups is 1. The minimum absolute atomic E-state index is 0.0586. The zero-order chi connectivity index (χ0) is 15.2. The van der Waals surface area contributed by atoms with E-state index in [2.05, 4.69) is 10.3 Å². The molecule has 2 fully saturated rings. The third-order valence-electron chi connectivity index (χ3n) is 3.82. The highest BCUT2D eigenvalue weighted by Gasteiger charge is 2.42. The summed E-state index contributed by atoms with van der Waals surface area (Å²) < 4.78 is 28.0. The molecule has 1 aliphatic carbocycles. The van der Waals surface area contributed by atoms with E-state index in [4.69, 9.17) is 11.6 Å². The summed E-state index contributed by atoms with van der Waals surface area (Å²) in [6.07, 6.45) is 4.48. The number of carbonyl (C=O) groups excluding carboxylic acids is 1. The van der Waals surface area contributed by atoms with Crippen LogP contribution in [0.2, 0.25) is 5.15 Å². The van der Waals surface area contributed by atoms with Gasteiger partial charge in [-0.2, -0.15) is 4.31 Å². The van der Waals surface area contributed by atoms with Crippen molar-refractivity contribution >= 4 is 27.5 Å². The van der Waals surface area contributed by atoms with Gasteiger partial charge in [-0.05, 0) is 25.7 Å². The van der Waals surface area contributed by atoms with Crippen LogP contribution in [0.1, 0.15) is 25.7 Å². The minimum atomic E-state index is -3.85. The summed E-state index contributed by atoms with van der Waals surface area (Å²) in [7, 11) is -2.23. The van der Waals surface area contributed by atoms with Crippen LogP contribution in [0.3, 0.4) is 0 Å². The van der Waals surface area contributed by atoms with Gasteiger partial charge in [-0.25, -0.2) is 13.4 Å². The maximum absolute atomic E-state index is 12.7. The fraction of sp³-hybridized carbons (Fsp3) is 0.667. The van der Waals surface area contributed by atoms with E-state index in [0.29, 0.717) is 19.4 Å².